The van der Waals surface area contributed by atoms with Gasteiger partial charge in [-0.2, -0.15) is 0 Å². The molecule has 0 bridgehead atoms. The first-order valence-electron chi connectivity index (χ1n) is 11.8. The maximum Gasteiger partial charge on any atom is 0.244 e. The molecule has 0 saturated heterocycles. The van der Waals surface area contributed by atoms with E-state index in [9.17, 15) is 9.59 Å². The first kappa shape index (κ1) is 22.8. The molecule has 1 saturated carbocycles. The highest BCUT2D eigenvalue weighted by molar-refractivity contribution is 5.93. The largest absolute Gasteiger partial charge is 0.495 e. The van der Waals surface area contributed by atoms with Crippen molar-refractivity contribution in [1.82, 2.24) is 14.9 Å². The molecule has 174 valence electrons. The van der Waals surface area contributed by atoms with Crippen molar-refractivity contribution in [3.05, 3.63) is 54.4 Å². The molecule has 1 aliphatic carbocycles. The van der Waals surface area contributed by atoms with Crippen molar-refractivity contribution in [1.29, 1.82) is 0 Å². The van der Waals surface area contributed by atoms with Crippen molar-refractivity contribution in [3.63, 3.8) is 0 Å². The minimum atomic E-state index is -0.144. The summed E-state index contributed by atoms with van der Waals surface area (Å²) in [6.07, 6.45) is 7.01. The van der Waals surface area contributed by atoms with Crippen molar-refractivity contribution in [2.24, 2.45) is 5.92 Å². The topological polar surface area (TPSA) is 85.2 Å². The third-order valence-electron chi connectivity index (χ3n) is 6.27. The number of ether oxygens (including phenoxy) is 1. The van der Waals surface area contributed by atoms with Crippen molar-refractivity contribution < 1.29 is 14.3 Å². The van der Waals surface area contributed by atoms with Crippen LogP contribution in [0.1, 0.15) is 44.3 Å². The number of benzene rings is 2. The number of aromatic nitrogens is 2. The van der Waals surface area contributed by atoms with Crippen LogP contribution in [0.3, 0.4) is 0 Å². The van der Waals surface area contributed by atoms with E-state index in [-0.39, 0.29) is 24.3 Å². The summed E-state index contributed by atoms with van der Waals surface area (Å²) in [5.41, 5.74) is 2.43. The van der Waals surface area contributed by atoms with Gasteiger partial charge in [0.1, 0.15) is 18.1 Å². The van der Waals surface area contributed by atoms with Crippen LogP contribution in [-0.4, -0.2) is 35.0 Å². The van der Waals surface area contributed by atoms with Crippen LogP contribution in [0.15, 0.2) is 48.5 Å². The molecule has 1 aliphatic rings. The number of carbonyl (C=O) groups excluding carboxylic acids is 2. The van der Waals surface area contributed by atoms with E-state index in [0.29, 0.717) is 24.4 Å². The number of nitrogens with zero attached hydrogens (tertiary/aromatic N) is 2. The van der Waals surface area contributed by atoms with Gasteiger partial charge in [-0.3, -0.25) is 9.59 Å². The highest BCUT2D eigenvalue weighted by Crippen LogP contribution is 2.24. The standard InChI is InChI=1S/C26H32N4O3/c1-33-23-15-8-6-13-21(23)29-25(31)18-30-22-14-7-5-12-20(22)28-24(30)16-9-17-27-26(32)19-10-3-2-4-11-19/h5-8,12-15,19H,2-4,9-11,16-18H2,1H3,(H,27,32)(H,29,31). The van der Waals surface area contributed by atoms with Crippen LogP contribution < -0.4 is 15.4 Å². The lowest BCUT2D eigenvalue weighted by Crippen LogP contribution is -2.32. The third-order valence-corrected chi connectivity index (χ3v) is 6.27. The third kappa shape index (κ3) is 5.72. The summed E-state index contributed by atoms with van der Waals surface area (Å²) in [4.78, 5) is 30.0. The van der Waals surface area contributed by atoms with E-state index in [0.717, 1.165) is 49.0 Å². The van der Waals surface area contributed by atoms with E-state index in [2.05, 4.69) is 10.6 Å². The Labute approximate surface area is 194 Å². The summed E-state index contributed by atoms with van der Waals surface area (Å²) in [6.45, 7) is 0.772. The molecule has 2 N–H and O–H groups in total. The second-order valence-corrected chi connectivity index (χ2v) is 8.58. The normalized spacial score (nSPS) is 14.2. The molecular weight excluding hydrogens is 416 g/mol. The van der Waals surface area contributed by atoms with Crippen molar-refractivity contribution in [3.8, 4) is 5.75 Å². The smallest absolute Gasteiger partial charge is 0.244 e. The summed E-state index contributed by atoms with van der Waals surface area (Å²) in [5, 5.41) is 6.03. The number of hydrogen-bond donors (Lipinski definition) is 2. The molecule has 0 spiro atoms. The number of methoxy groups -OCH3 is 1. The predicted octanol–water partition coefficient (Wildman–Crippen LogP) is 4.31. The molecule has 1 heterocycles. The number of anilines is 1. The Morgan fingerprint density at radius 2 is 1.82 bits per heavy atom. The zero-order valence-corrected chi connectivity index (χ0v) is 19.2. The number of aryl methyl sites for hydroxylation is 1. The molecule has 0 unspecified atom stereocenters. The predicted molar refractivity (Wildman–Crippen MR) is 129 cm³/mol. The van der Waals surface area contributed by atoms with Gasteiger partial charge in [0, 0.05) is 18.9 Å². The Kier molecular flexibility index (Phi) is 7.60. The van der Waals surface area contributed by atoms with Gasteiger partial charge in [0.2, 0.25) is 11.8 Å². The number of rotatable bonds is 9. The van der Waals surface area contributed by atoms with Crippen LogP contribution in [0.25, 0.3) is 11.0 Å². The quantitative estimate of drug-likeness (QED) is 0.478. The van der Waals surface area contributed by atoms with Gasteiger partial charge >= 0.3 is 0 Å². The molecule has 1 aromatic heterocycles. The average Bonchev–Trinajstić information content (AvgIpc) is 3.19. The van der Waals surface area contributed by atoms with Gasteiger partial charge in [-0.25, -0.2) is 4.98 Å². The maximum atomic E-state index is 12.9. The van der Waals surface area contributed by atoms with Crippen molar-refractivity contribution >= 4 is 28.5 Å². The van der Waals surface area contributed by atoms with E-state index in [1.807, 2.05) is 53.1 Å². The first-order chi connectivity index (χ1) is 16.2. The zero-order chi connectivity index (χ0) is 23.0. The molecule has 2 amide bonds. The first-order valence-corrected chi connectivity index (χ1v) is 11.8. The Morgan fingerprint density at radius 1 is 1.06 bits per heavy atom. The van der Waals surface area contributed by atoms with Crippen LogP contribution in [0.4, 0.5) is 5.69 Å². The fourth-order valence-corrected chi connectivity index (χ4v) is 4.54. The van der Waals surface area contributed by atoms with E-state index in [4.69, 9.17) is 9.72 Å². The van der Waals surface area contributed by atoms with Crippen molar-refractivity contribution in [2.75, 3.05) is 19.0 Å². The van der Waals surface area contributed by atoms with Gasteiger partial charge in [0.25, 0.3) is 0 Å². The van der Waals surface area contributed by atoms with Crippen LogP contribution in [0.5, 0.6) is 5.75 Å². The SMILES string of the molecule is COc1ccccc1NC(=O)Cn1c(CCCNC(=O)C2CCCCC2)nc2ccccc21. The minimum Gasteiger partial charge on any atom is -0.495 e. The monoisotopic (exact) mass is 448 g/mol. The van der Waals surface area contributed by atoms with Crippen LogP contribution in [-0.2, 0) is 22.6 Å². The Balaban J connectivity index is 1.40. The lowest BCUT2D eigenvalue weighted by molar-refractivity contribution is -0.125. The molecule has 0 aliphatic heterocycles. The maximum absolute atomic E-state index is 12.9. The molecular formula is C26H32N4O3. The minimum absolute atomic E-state index is 0.144. The average molecular weight is 449 g/mol. The van der Waals surface area contributed by atoms with E-state index < -0.39 is 0 Å². The van der Waals surface area contributed by atoms with Crippen LogP contribution in [0.2, 0.25) is 0 Å². The molecule has 7 heteroatoms. The number of fused-ring (bicyclic) bond motifs is 1. The van der Waals surface area contributed by atoms with Gasteiger partial charge in [0.15, 0.2) is 0 Å². The van der Waals surface area contributed by atoms with E-state index >= 15 is 0 Å². The molecule has 2 aromatic carbocycles. The number of imidazole rings is 1. The molecule has 4 rings (SSSR count). The number of amides is 2. The van der Waals surface area contributed by atoms with Crippen LogP contribution in [0, 0.1) is 5.92 Å². The number of carbonyl (C=O) groups is 2. The summed E-state index contributed by atoms with van der Waals surface area (Å²) < 4.78 is 7.30. The second kappa shape index (κ2) is 11.0. The van der Waals surface area contributed by atoms with Gasteiger partial charge in [0.05, 0.1) is 23.8 Å². The summed E-state index contributed by atoms with van der Waals surface area (Å²) in [6, 6.07) is 15.2. The molecule has 7 nitrogen and oxygen atoms in total. The molecule has 33 heavy (non-hydrogen) atoms. The Bertz CT molecular complexity index is 1100. The lowest BCUT2D eigenvalue weighted by Gasteiger charge is -2.20. The summed E-state index contributed by atoms with van der Waals surface area (Å²) in [5.74, 6) is 1.67. The summed E-state index contributed by atoms with van der Waals surface area (Å²) in [7, 11) is 1.58. The molecule has 0 atom stereocenters. The van der Waals surface area contributed by atoms with Crippen molar-refractivity contribution in [2.45, 2.75) is 51.5 Å². The molecule has 3 aromatic rings. The fourth-order valence-electron chi connectivity index (χ4n) is 4.54. The Morgan fingerprint density at radius 3 is 2.64 bits per heavy atom. The van der Waals surface area contributed by atoms with Gasteiger partial charge in [-0.1, -0.05) is 43.5 Å². The number of para-hydroxylation sites is 4. The number of nitrogens with one attached hydrogen (secondary N) is 2. The van der Waals surface area contributed by atoms with Gasteiger partial charge < -0.3 is 19.9 Å². The Hall–Kier alpha value is -3.35. The second-order valence-electron chi connectivity index (χ2n) is 8.58. The van der Waals surface area contributed by atoms with E-state index in [1.165, 1.54) is 6.42 Å². The van der Waals surface area contributed by atoms with Crippen LogP contribution >= 0.6 is 0 Å². The zero-order valence-electron chi connectivity index (χ0n) is 19.2. The number of hydrogen-bond acceptors (Lipinski definition) is 4. The highest BCUT2D eigenvalue weighted by atomic mass is 16.5. The highest BCUT2D eigenvalue weighted by Gasteiger charge is 2.20. The molecule has 1 fully saturated rings. The fraction of sp³-hybridized carbons (Fsp3) is 0.423. The molecule has 0 radical (unpaired) electrons. The summed E-state index contributed by atoms with van der Waals surface area (Å²) >= 11 is 0. The lowest BCUT2D eigenvalue weighted by atomic mass is 9.89. The van der Waals surface area contributed by atoms with Gasteiger partial charge in [-0.15, -0.1) is 0 Å². The van der Waals surface area contributed by atoms with E-state index in [1.54, 1.807) is 7.11 Å². The van der Waals surface area contributed by atoms with Gasteiger partial charge in [-0.05, 0) is 43.5 Å².